The number of ether oxygens (including phenoxy) is 2. The summed E-state index contributed by atoms with van der Waals surface area (Å²) in [5.41, 5.74) is -0.819. The fourth-order valence-corrected chi connectivity index (χ4v) is 3.64. The number of hydrogen-bond donors (Lipinski definition) is 3. The number of aromatic hydroxyl groups is 2. The topological polar surface area (TPSA) is 125 Å². The Kier molecular flexibility index (Phi) is 7.83. The fourth-order valence-electron chi connectivity index (χ4n) is 3.64. The minimum atomic E-state index is -0.957. The van der Waals surface area contributed by atoms with Crippen molar-refractivity contribution in [2.45, 2.75) is 51.4 Å². The van der Waals surface area contributed by atoms with Crippen LogP contribution < -0.4 is 5.32 Å². The highest BCUT2D eigenvalue weighted by Crippen LogP contribution is 2.23. The Morgan fingerprint density at radius 2 is 1.77 bits per heavy atom. The number of phenols is 2. The molecule has 0 unspecified atom stereocenters. The number of benzene rings is 2. The van der Waals surface area contributed by atoms with Gasteiger partial charge in [-0.05, 0) is 76.1 Å². The zero-order valence-electron chi connectivity index (χ0n) is 19.8. The molecule has 3 N–H and O–H groups in total. The Morgan fingerprint density at radius 1 is 1.09 bits per heavy atom. The lowest BCUT2D eigenvalue weighted by atomic mass is 10.1. The summed E-state index contributed by atoms with van der Waals surface area (Å²) in [6.45, 7) is 5.51. The lowest BCUT2D eigenvalue weighted by Crippen LogP contribution is -2.51. The Balaban J connectivity index is 1.84. The number of esters is 1. The molecule has 3 rings (SSSR count). The van der Waals surface area contributed by atoms with Gasteiger partial charge in [0.05, 0.1) is 6.04 Å². The lowest BCUT2D eigenvalue weighted by Gasteiger charge is -2.30. The van der Waals surface area contributed by atoms with Gasteiger partial charge in [0.1, 0.15) is 34.6 Å². The number of likely N-dealkylation sites (tertiary alicyclic amines) is 1. The van der Waals surface area contributed by atoms with E-state index in [1.807, 2.05) is 0 Å². The third-order valence-electron chi connectivity index (χ3n) is 5.32. The second kappa shape index (κ2) is 10.6. The quantitative estimate of drug-likeness (QED) is 0.562. The molecule has 9 nitrogen and oxygen atoms in total. The Labute approximate surface area is 202 Å². The molecular formula is C25H29FN2O7. The van der Waals surface area contributed by atoms with E-state index in [0.717, 1.165) is 18.2 Å². The van der Waals surface area contributed by atoms with Crippen molar-refractivity contribution in [3.63, 3.8) is 0 Å². The van der Waals surface area contributed by atoms with Crippen LogP contribution in [0.2, 0.25) is 0 Å². The molecule has 0 aromatic heterocycles. The average Bonchev–Trinajstić information content (AvgIpc) is 2.97. The number of rotatable bonds is 4. The maximum atomic E-state index is 13.6. The van der Waals surface area contributed by atoms with Crippen molar-refractivity contribution < 1.29 is 38.5 Å². The molecule has 0 aliphatic carbocycles. The van der Waals surface area contributed by atoms with Crippen molar-refractivity contribution in [2.24, 2.45) is 0 Å². The van der Waals surface area contributed by atoms with Gasteiger partial charge in [-0.2, -0.15) is 0 Å². The van der Waals surface area contributed by atoms with Gasteiger partial charge in [-0.1, -0.05) is 0 Å². The standard InChI is InChI=1S/C25H29FN2O7/c1-25(2,3)35-24(33)28-12-4-5-21(34-23(32)18-13-16(26)8-11-20(18)30)19(14-28)27-22(31)15-6-9-17(29)10-7-15/h6-11,13,19,21,29-30H,4-5,12,14H2,1-3H3,(H,27,31)/t19-,21-/m1/s1. The first-order valence-electron chi connectivity index (χ1n) is 11.2. The molecule has 1 fully saturated rings. The molecule has 0 spiro atoms. The van der Waals surface area contributed by atoms with Crippen molar-refractivity contribution in [2.75, 3.05) is 13.1 Å². The molecule has 10 heteroatoms. The fraction of sp³-hybridized carbons (Fsp3) is 0.400. The molecule has 0 saturated carbocycles. The third kappa shape index (κ3) is 7.08. The van der Waals surface area contributed by atoms with E-state index in [2.05, 4.69) is 5.32 Å². The third-order valence-corrected chi connectivity index (χ3v) is 5.32. The molecule has 0 radical (unpaired) electrons. The predicted octanol–water partition coefficient (Wildman–Crippen LogP) is 3.59. The van der Waals surface area contributed by atoms with Crippen molar-refractivity contribution >= 4 is 18.0 Å². The average molecular weight is 489 g/mol. The van der Waals surface area contributed by atoms with Crippen molar-refractivity contribution in [1.82, 2.24) is 10.2 Å². The van der Waals surface area contributed by atoms with E-state index in [-0.39, 0.29) is 23.4 Å². The number of hydrogen-bond acceptors (Lipinski definition) is 7. The normalized spacial score (nSPS) is 18.3. The van der Waals surface area contributed by atoms with Crippen LogP contribution in [0, 0.1) is 5.82 Å². The molecule has 0 bridgehead atoms. The van der Waals surface area contributed by atoms with Gasteiger partial charge in [0.25, 0.3) is 5.91 Å². The van der Waals surface area contributed by atoms with E-state index in [0.29, 0.717) is 19.4 Å². The van der Waals surface area contributed by atoms with E-state index in [4.69, 9.17) is 9.47 Å². The summed E-state index contributed by atoms with van der Waals surface area (Å²) in [5.74, 6) is -2.62. The summed E-state index contributed by atoms with van der Waals surface area (Å²) in [6, 6.07) is 7.68. The van der Waals surface area contributed by atoms with E-state index in [1.165, 1.54) is 29.2 Å². The number of nitrogens with zero attached hydrogens (tertiary/aromatic N) is 1. The summed E-state index contributed by atoms with van der Waals surface area (Å²) in [7, 11) is 0. The molecule has 35 heavy (non-hydrogen) atoms. The van der Waals surface area contributed by atoms with Gasteiger partial charge in [0.2, 0.25) is 0 Å². The van der Waals surface area contributed by atoms with E-state index < -0.39 is 47.3 Å². The minimum Gasteiger partial charge on any atom is -0.508 e. The van der Waals surface area contributed by atoms with Crippen molar-refractivity contribution in [3.8, 4) is 11.5 Å². The number of nitrogens with one attached hydrogen (secondary N) is 1. The lowest BCUT2D eigenvalue weighted by molar-refractivity contribution is 0.0125. The Morgan fingerprint density at radius 3 is 2.43 bits per heavy atom. The van der Waals surface area contributed by atoms with Gasteiger partial charge in [0.15, 0.2) is 0 Å². The maximum absolute atomic E-state index is 13.6. The van der Waals surface area contributed by atoms with Gasteiger partial charge in [-0.15, -0.1) is 0 Å². The van der Waals surface area contributed by atoms with Crippen molar-refractivity contribution in [1.29, 1.82) is 0 Å². The van der Waals surface area contributed by atoms with E-state index in [9.17, 15) is 29.0 Å². The zero-order chi connectivity index (χ0) is 25.8. The maximum Gasteiger partial charge on any atom is 0.410 e. The van der Waals surface area contributed by atoms with Crippen LogP contribution >= 0.6 is 0 Å². The van der Waals surface area contributed by atoms with Gasteiger partial charge >= 0.3 is 12.1 Å². The Hall–Kier alpha value is -3.82. The van der Waals surface area contributed by atoms with Crippen LogP contribution in [0.5, 0.6) is 11.5 Å². The first-order chi connectivity index (χ1) is 16.4. The first-order valence-corrected chi connectivity index (χ1v) is 11.2. The molecule has 2 amide bonds. The smallest absolute Gasteiger partial charge is 0.410 e. The van der Waals surface area contributed by atoms with Gasteiger partial charge in [0, 0.05) is 18.7 Å². The van der Waals surface area contributed by atoms with Crippen LogP contribution in [0.1, 0.15) is 54.3 Å². The largest absolute Gasteiger partial charge is 0.508 e. The molecule has 2 aromatic rings. The van der Waals surface area contributed by atoms with E-state index >= 15 is 0 Å². The Bertz CT molecular complexity index is 1080. The predicted molar refractivity (Wildman–Crippen MR) is 124 cm³/mol. The molecular weight excluding hydrogens is 459 g/mol. The van der Waals surface area contributed by atoms with Crippen molar-refractivity contribution in [3.05, 3.63) is 59.4 Å². The molecule has 1 aliphatic heterocycles. The second-order valence-electron chi connectivity index (χ2n) is 9.30. The van der Waals surface area contributed by atoms with E-state index in [1.54, 1.807) is 20.8 Å². The monoisotopic (exact) mass is 488 g/mol. The van der Waals surface area contributed by atoms with Crippen LogP contribution in [0.4, 0.5) is 9.18 Å². The second-order valence-corrected chi connectivity index (χ2v) is 9.30. The highest BCUT2D eigenvalue weighted by atomic mass is 19.1. The zero-order valence-corrected chi connectivity index (χ0v) is 19.8. The molecule has 2 atom stereocenters. The van der Waals surface area contributed by atoms with Gasteiger partial charge < -0.3 is 29.9 Å². The number of amides is 2. The summed E-state index contributed by atoms with van der Waals surface area (Å²) in [5, 5.41) is 22.2. The molecule has 188 valence electrons. The summed E-state index contributed by atoms with van der Waals surface area (Å²) < 4.78 is 24.7. The van der Waals surface area contributed by atoms with Crippen LogP contribution in [-0.4, -0.2) is 63.9 Å². The van der Waals surface area contributed by atoms with Crippen LogP contribution in [0.25, 0.3) is 0 Å². The SMILES string of the molecule is CC(C)(C)OC(=O)N1CCC[C@@H](OC(=O)c2cc(F)ccc2O)[C@H](NC(=O)c2ccc(O)cc2)C1. The van der Waals surface area contributed by atoms with Crippen LogP contribution in [0.15, 0.2) is 42.5 Å². The number of halogens is 1. The van der Waals surface area contributed by atoms with Gasteiger partial charge in [-0.3, -0.25) is 4.79 Å². The molecule has 1 saturated heterocycles. The van der Waals surface area contributed by atoms with Crippen LogP contribution in [-0.2, 0) is 9.47 Å². The summed E-state index contributed by atoms with van der Waals surface area (Å²) >= 11 is 0. The number of carbonyl (C=O) groups excluding carboxylic acids is 3. The highest BCUT2D eigenvalue weighted by Gasteiger charge is 2.35. The summed E-state index contributed by atoms with van der Waals surface area (Å²) in [6.07, 6.45) is -0.714. The van der Waals surface area contributed by atoms with Crippen LogP contribution in [0.3, 0.4) is 0 Å². The van der Waals surface area contributed by atoms with Gasteiger partial charge in [-0.25, -0.2) is 14.0 Å². The summed E-state index contributed by atoms with van der Waals surface area (Å²) in [4.78, 5) is 39.8. The first kappa shape index (κ1) is 25.8. The molecule has 2 aromatic carbocycles. The minimum absolute atomic E-state index is 0.00572. The number of carbonyl (C=O) groups is 3. The highest BCUT2D eigenvalue weighted by molar-refractivity contribution is 5.95. The molecule has 1 aliphatic rings. The number of phenolic OH excluding ortho intramolecular Hbond substituents is 2. The molecule has 1 heterocycles.